The largest absolute Gasteiger partial charge is 0.416 e. The van der Waals surface area contributed by atoms with Crippen molar-refractivity contribution in [3.8, 4) is 0 Å². The van der Waals surface area contributed by atoms with Crippen LogP contribution < -0.4 is 9.80 Å². The summed E-state index contributed by atoms with van der Waals surface area (Å²) in [5, 5.41) is 0. The number of benzene rings is 1. The van der Waals surface area contributed by atoms with Gasteiger partial charge in [-0.3, -0.25) is 4.90 Å². The number of rotatable bonds is 5. The third-order valence-corrected chi connectivity index (χ3v) is 5.59. The highest BCUT2D eigenvalue weighted by Crippen LogP contribution is 2.33. The lowest BCUT2D eigenvalue weighted by Crippen LogP contribution is -2.53. The number of ether oxygens (including phenoxy) is 2. The quantitative estimate of drug-likeness (QED) is 0.670. The molecular weight excluding hydrogens is 405 g/mol. The maximum Gasteiger partial charge on any atom is 0.416 e. The molecule has 1 aromatic rings. The van der Waals surface area contributed by atoms with Gasteiger partial charge < -0.3 is 14.4 Å². The van der Waals surface area contributed by atoms with Crippen LogP contribution in [0.1, 0.15) is 6.92 Å². The first-order valence-electron chi connectivity index (χ1n) is 8.51. The first-order chi connectivity index (χ1) is 13.1. The molecule has 0 saturated carbocycles. The van der Waals surface area contributed by atoms with E-state index >= 15 is 0 Å². The highest BCUT2D eigenvalue weighted by molar-refractivity contribution is 7.86. The summed E-state index contributed by atoms with van der Waals surface area (Å²) < 4.78 is 77.6. The van der Waals surface area contributed by atoms with Crippen molar-refractivity contribution in [2.75, 3.05) is 41.9 Å². The van der Waals surface area contributed by atoms with Gasteiger partial charge in [0.1, 0.15) is 6.04 Å². The second-order valence-corrected chi connectivity index (χ2v) is 8.10. The molecule has 1 unspecified atom stereocenters. The molecule has 0 spiro atoms. The van der Waals surface area contributed by atoms with Crippen molar-refractivity contribution in [2.24, 2.45) is 0 Å². The van der Waals surface area contributed by atoms with Gasteiger partial charge >= 0.3 is 12.3 Å². The molecule has 1 amide bonds. The number of carbonyl (C=O) groups excluding carboxylic acids is 1. The van der Waals surface area contributed by atoms with Gasteiger partial charge in [0, 0.05) is 17.9 Å². The van der Waals surface area contributed by atoms with Crippen molar-refractivity contribution in [1.82, 2.24) is 0 Å². The normalized spacial score (nSPS) is 23.8. The van der Waals surface area contributed by atoms with Crippen LogP contribution in [0.4, 0.5) is 29.3 Å². The minimum atomic E-state index is -4.48. The molecule has 12 heteroatoms. The Bertz CT molecular complexity index is 832. The van der Waals surface area contributed by atoms with Crippen LogP contribution in [0.3, 0.4) is 0 Å². The fourth-order valence-electron chi connectivity index (χ4n) is 2.95. The van der Waals surface area contributed by atoms with Gasteiger partial charge in [-0.1, -0.05) is 6.07 Å². The Morgan fingerprint density at radius 2 is 2.00 bits per heavy atom. The number of carbonyl (C=O) groups is 1. The van der Waals surface area contributed by atoms with Gasteiger partial charge in [0.05, 0.1) is 25.5 Å². The summed E-state index contributed by atoms with van der Waals surface area (Å²) in [7, 11) is -3.83. The number of amides is 1. The second-order valence-electron chi connectivity index (χ2n) is 6.21. The van der Waals surface area contributed by atoms with E-state index in [0.29, 0.717) is 0 Å². The van der Waals surface area contributed by atoms with E-state index in [1.54, 1.807) is 0 Å². The van der Waals surface area contributed by atoms with Crippen LogP contribution in [0.5, 0.6) is 0 Å². The Morgan fingerprint density at radius 3 is 2.68 bits per heavy atom. The minimum Gasteiger partial charge on any atom is -0.416 e. The third kappa shape index (κ3) is 4.50. The van der Waals surface area contributed by atoms with E-state index in [1.807, 2.05) is 0 Å². The lowest BCUT2D eigenvalue weighted by atomic mass is 10.1. The predicted molar refractivity (Wildman–Crippen MR) is 92.6 cm³/mol. The number of hydrogen-bond donors (Lipinski definition) is 0. The zero-order chi connectivity index (χ0) is 20.5. The first-order valence-corrected chi connectivity index (χ1v) is 10.1. The van der Waals surface area contributed by atoms with Crippen LogP contribution in [-0.2, 0) is 23.8 Å². The van der Waals surface area contributed by atoms with Crippen LogP contribution in [0.15, 0.2) is 24.3 Å². The molecule has 28 heavy (non-hydrogen) atoms. The van der Waals surface area contributed by atoms with Crippen LogP contribution in [0.25, 0.3) is 0 Å². The van der Waals surface area contributed by atoms with Gasteiger partial charge in [-0.2, -0.15) is 21.6 Å². The Morgan fingerprint density at radius 1 is 1.29 bits per heavy atom. The van der Waals surface area contributed by atoms with E-state index in [4.69, 9.17) is 13.7 Å². The molecule has 2 atom stereocenters. The lowest BCUT2D eigenvalue weighted by Gasteiger charge is -2.38. The van der Waals surface area contributed by atoms with E-state index in [0.717, 1.165) is 4.90 Å². The fourth-order valence-corrected chi connectivity index (χ4v) is 3.52. The van der Waals surface area contributed by atoms with Gasteiger partial charge in [-0.05, 0) is 25.1 Å². The molecule has 2 heterocycles. The smallest absolute Gasteiger partial charge is 0.416 e. The van der Waals surface area contributed by atoms with Gasteiger partial charge in [0.15, 0.2) is 0 Å². The SMILES string of the molecule is CCS(=O)(=O)O[C@H]1CN(c2cccc(N3CCOCC3C(F)(F)F)c2)C(=O)O1. The lowest BCUT2D eigenvalue weighted by molar-refractivity contribution is -0.167. The summed E-state index contributed by atoms with van der Waals surface area (Å²) in [5.41, 5.74) is 0.538. The number of anilines is 2. The maximum atomic E-state index is 13.3. The molecule has 2 fully saturated rings. The van der Waals surface area contributed by atoms with Crippen molar-refractivity contribution in [3.05, 3.63) is 24.3 Å². The summed E-state index contributed by atoms with van der Waals surface area (Å²) in [6, 6.07) is 4.15. The van der Waals surface area contributed by atoms with Gasteiger partial charge in [-0.15, -0.1) is 0 Å². The standard InChI is InChI=1S/C16H19F3N2O6S/c1-2-28(23,24)27-14-9-21(15(22)26-14)12-5-3-4-11(8-12)20-6-7-25-10-13(20)16(17,18)19/h3-5,8,13-14H,2,6-7,9-10H2,1H3/t13?,14-/m0/s1. The maximum absolute atomic E-state index is 13.3. The summed E-state index contributed by atoms with van der Waals surface area (Å²) in [6.45, 7) is 0.885. The highest BCUT2D eigenvalue weighted by atomic mass is 32.2. The van der Waals surface area contributed by atoms with Gasteiger partial charge in [-0.25, -0.2) is 8.98 Å². The average Bonchev–Trinajstić information content (AvgIpc) is 3.00. The highest BCUT2D eigenvalue weighted by Gasteiger charge is 2.45. The average molecular weight is 424 g/mol. The molecule has 2 aliphatic heterocycles. The zero-order valence-electron chi connectivity index (χ0n) is 14.9. The van der Waals surface area contributed by atoms with E-state index in [1.165, 1.54) is 36.1 Å². The monoisotopic (exact) mass is 424 g/mol. The van der Waals surface area contributed by atoms with E-state index in [2.05, 4.69) is 0 Å². The molecule has 3 rings (SSSR count). The molecular formula is C16H19F3N2O6S. The van der Waals surface area contributed by atoms with Gasteiger partial charge in [0.25, 0.3) is 10.1 Å². The van der Waals surface area contributed by atoms with E-state index < -0.39 is 41.3 Å². The molecule has 0 N–H and O–H groups in total. The van der Waals surface area contributed by atoms with Crippen molar-refractivity contribution in [1.29, 1.82) is 0 Å². The van der Waals surface area contributed by atoms with Crippen LogP contribution in [0.2, 0.25) is 0 Å². The summed E-state index contributed by atoms with van der Waals surface area (Å²) in [5.74, 6) is -0.285. The molecule has 8 nitrogen and oxygen atoms in total. The number of cyclic esters (lactones) is 1. The van der Waals surface area contributed by atoms with E-state index in [9.17, 15) is 26.4 Å². The Balaban J connectivity index is 1.80. The Hall–Kier alpha value is -2.05. The second kappa shape index (κ2) is 7.76. The van der Waals surface area contributed by atoms with Crippen LogP contribution in [-0.4, -0.2) is 65.1 Å². The Labute approximate surface area is 159 Å². The molecule has 2 aliphatic rings. The summed E-state index contributed by atoms with van der Waals surface area (Å²) >= 11 is 0. The van der Waals surface area contributed by atoms with Crippen LogP contribution in [0, 0.1) is 0 Å². The minimum absolute atomic E-state index is 0.0402. The fraction of sp³-hybridized carbons (Fsp3) is 0.562. The summed E-state index contributed by atoms with van der Waals surface area (Å²) in [4.78, 5) is 14.4. The molecule has 2 saturated heterocycles. The summed E-state index contributed by atoms with van der Waals surface area (Å²) in [6.07, 6.45) is -6.63. The molecule has 0 bridgehead atoms. The zero-order valence-corrected chi connectivity index (χ0v) is 15.7. The molecule has 1 aromatic carbocycles. The molecule has 0 radical (unpaired) electrons. The Kier molecular flexibility index (Phi) is 5.73. The third-order valence-electron chi connectivity index (χ3n) is 4.37. The number of hydrogen-bond acceptors (Lipinski definition) is 7. The molecule has 0 aliphatic carbocycles. The molecule has 0 aromatic heterocycles. The number of nitrogens with zero attached hydrogens (tertiary/aromatic N) is 2. The van der Waals surface area contributed by atoms with Gasteiger partial charge in [0.2, 0.25) is 6.29 Å². The predicted octanol–water partition coefficient (Wildman–Crippen LogP) is 2.10. The van der Waals surface area contributed by atoms with Crippen molar-refractivity contribution in [2.45, 2.75) is 25.4 Å². The topological polar surface area (TPSA) is 85.4 Å². The number of alkyl halides is 3. The molecule has 156 valence electrons. The van der Waals surface area contributed by atoms with Crippen LogP contribution >= 0.6 is 0 Å². The number of morpholine rings is 1. The first kappa shape index (κ1) is 20.7. The van der Waals surface area contributed by atoms with Crippen molar-refractivity contribution in [3.63, 3.8) is 0 Å². The number of halogens is 3. The van der Waals surface area contributed by atoms with Crippen molar-refractivity contribution >= 4 is 27.6 Å². The van der Waals surface area contributed by atoms with E-state index in [-0.39, 0.29) is 36.8 Å². The van der Waals surface area contributed by atoms with Crippen molar-refractivity contribution < 1.29 is 40.0 Å².